The third-order valence-electron chi connectivity index (χ3n) is 5.88. The van der Waals surface area contributed by atoms with E-state index >= 15 is 0 Å². The molecule has 2 aliphatic carbocycles. The molecule has 3 N–H and O–H groups in total. The van der Waals surface area contributed by atoms with E-state index < -0.39 is 11.7 Å². The van der Waals surface area contributed by atoms with E-state index in [4.69, 9.17) is 5.73 Å². The van der Waals surface area contributed by atoms with Gasteiger partial charge in [0, 0.05) is 24.0 Å². The van der Waals surface area contributed by atoms with Crippen molar-refractivity contribution in [2.24, 2.45) is 5.73 Å². The number of hydrogen-bond donors (Lipinski definition) is 2. The minimum Gasteiger partial charge on any atom is -0.328 e. The topological polar surface area (TPSA) is 38.0 Å². The molecule has 0 saturated heterocycles. The van der Waals surface area contributed by atoms with Gasteiger partial charge in [-0.2, -0.15) is 13.2 Å². The van der Waals surface area contributed by atoms with E-state index in [-0.39, 0.29) is 18.0 Å². The van der Waals surface area contributed by atoms with Crippen molar-refractivity contribution in [1.29, 1.82) is 0 Å². The first-order chi connectivity index (χ1) is 12.9. The van der Waals surface area contributed by atoms with Gasteiger partial charge in [-0.1, -0.05) is 42.5 Å². The molecule has 2 fully saturated rings. The Kier molecular flexibility index (Phi) is 4.99. The maximum atomic E-state index is 13.7. The van der Waals surface area contributed by atoms with Gasteiger partial charge < -0.3 is 11.1 Å². The zero-order valence-corrected chi connectivity index (χ0v) is 15.2. The van der Waals surface area contributed by atoms with Crippen molar-refractivity contribution >= 4 is 0 Å². The van der Waals surface area contributed by atoms with Crippen LogP contribution in [-0.4, -0.2) is 18.1 Å². The predicted octanol–water partition coefficient (Wildman–Crippen LogP) is 5.09. The number of alkyl halides is 3. The van der Waals surface area contributed by atoms with Gasteiger partial charge in [0.05, 0.1) is 5.56 Å². The molecule has 0 heterocycles. The van der Waals surface area contributed by atoms with E-state index in [9.17, 15) is 13.2 Å². The highest BCUT2D eigenvalue weighted by Crippen LogP contribution is 2.47. The molecule has 2 atom stereocenters. The first-order valence-corrected chi connectivity index (χ1v) is 9.70. The highest BCUT2D eigenvalue weighted by atomic mass is 19.4. The lowest BCUT2D eigenvalue weighted by atomic mass is 9.91. The van der Waals surface area contributed by atoms with Crippen LogP contribution in [0.3, 0.4) is 0 Å². The Bertz CT molecular complexity index is 780. The van der Waals surface area contributed by atoms with Crippen LogP contribution in [0, 0.1) is 0 Å². The molecule has 2 aliphatic rings. The molecule has 4 rings (SSSR count). The summed E-state index contributed by atoms with van der Waals surface area (Å²) < 4.78 is 41.2. The summed E-state index contributed by atoms with van der Waals surface area (Å²) in [7, 11) is 0. The number of rotatable bonds is 4. The van der Waals surface area contributed by atoms with Crippen LogP contribution in [0.2, 0.25) is 0 Å². The van der Waals surface area contributed by atoms with Gasteiger partial charge >= 0.3 is 6.18 Å². The Hall–Kier alpha value is -1.85. The van der Waals surface area contributed by atoms with E-state index in [1.807, 2.05) is 36.4 Å². The lowest BCUT2D eigenvalue weighted by molar-refractivity contribution is -0.138. The Morgan fingerprint density at radius 2 is 1.59 bits per heavy atom. The zero-order valence-electron chi connectivity index (χ0n) is 15.2. The van der Waals surface area contributed by atoms with E-state index in [1.54, 1.807) is 6.07 Å². The van der Waals surface area contributed by atoms with Gasteiger partial charge in [0.1, 0.15) is 0 Å². The first-order valence-electron chi connectivity index (χ1n) is 9.70. The van der Waals surface area contributed by atoms with E-state index in [0.29, 0.717) is 17.2 Å². The molecule has 27 heavy (non-hydrogen) atoms. The van der Waals surface area contributed by atoms with Crippen molar-refractivity contribution < 1.29 is 13.2 Å². The van der Waals surface area contributed by atoms with Crippen molar-refractivity contribution in [1.82, 2.24) is 5.32 Å². The fourth-order valence-corrected chi connectivity index (χ4v) is 4.25. The molecule has 2 aromatic carbocycles. The van der Waals surface area contributed by atoms with Crippen LogP contribution < -0.4 is 11.1 Å². The molecule has 2 nitrogen and oxygen atoms in total. The molecule has 0 unspecified atom stereocenters. The number of nitrogens with two attached hydrogens (primary N) is 1. The van der Waals surface area contributed by atoms with Crippen LogP contribution in [0.4, 0.5) is 13.2 Å². The van der Waals surface area contributed by atoms with E-state index in [2.05, 4.69) is 5.32 Å². The van der Waals surface area contributed by atoms with Gasteiger partial charge in [-0.05, 0) is 54.9 Å². The van der Waals surface area contributed by atoms with Gasteiger partial charge in [-0.3, -0.25) is 0 Å². The van der Waals surface area contributed by atoms with Crippen LogP contribution in [0.25, 0.3) is 11.1 Å². The second-order valence-corrected chi connectivity index (χ2v) is 7.89. The Labute approximate surface area is 158 Å². The second kappa shape index (κ2) is 7.28. The highest BCUT2D eigenvalue weighted by Gasteiger charge is 2.45. The molecular weight excluding hydrogens is 349 g/mol. The van der Waals surface area contributed by atoms with E-state index in [0.717, 1.165) is 37.7 Å². The fourth-order valence-electron chi connectivity index (χ4n) is 4.25. The molecule has 144 valence electrons. The molecule has 0 spiro atoms. The van der Waals surface area contributed by atoms with Gasteiger partial charge in [0.15, 0.2) is 0 Å². The van der Waals surface area contributed by atoms with Gasteiger partial charge in [-0.25, -0.2) is 0 Å². The average Bonchev–Trinajstić information content (AvgIpc) is 3.42. The molecule has 0 radical (unpaired) electrons. The molecule has 5 heteroatoms. The number of hydrogen-bond acceptors (Lipinski definition) is 2. The van der Waals surface area contributed by atoms with Crippen molar-refractivity contribution in [2.45, 2.75) is 62.3 Å². The zero-order chi connectivity index (χ0) is 19.0. The monoisotopic (exact) mass is 374 g/mol. The van der Waals surface area contributed by atoms with Crippen LogP contribution in [-0.2, 0) is 6.18 Å². The first kappa shape index (κ1) is 18.5. The lowest BCUT2D eigenvalue weighted by Crippen LogP contribution is -2.38. The summed E-state index contributed by atoms with van der Waals surface area (Å²) >= 11 is 0. The summed E-state index contributed by atoms with van der Waals surface area (Å²) in [6, 6.07) is 14.8. The fraction of sp³-hybridized carbons (Fsp3) is 0.455. The minimum atomic E-state index is -4.34. The average molecular weight is 374 g/mol. The largest absolute Gasteiger partial charge is 0.416 e. The SMILES string of the molecule is N[C@H]1CC[C@@H](N[C@@H]2C[C@H]2c2ccc(-c3ccccc3)cc2C(F)(F)F)CC1. The van der Waals surface area contributed by atoms with Crippen LogP contribution in [0.5, 0.6) is 0 Å². The standard InChI is InChI=1S/C22H25F3N2/c23-22(24,25)20-12-15(14-4-2-1-3-5-14)6-11-18(20)19-13-21(19)27-17-9-7-16(26)8-10-17/h1-6,11-12,16-17,19,21,27H,7-10,13,26H2/t16-,17+,19-,21+/m0/s1. The van der Waals surface area contributed by atoms with Gasteiger partial charge in [-0.15, -0.1) is 0 Å². The lowest BCUT2D eigenvalue weighted by Gasteiger charge is -2.27. The number of benzene rings is 2. The summed E-state index contributed by atoms with van der Waals surface area (Å²) in [5.41, 5.74) is 7.28. The molecule has 0 aliphatic heterocycles. The Morgan fingerprint density at radius 3 is 2.26 bits per heavy atom. The maximum absolute atomic E-state index is 13.7. The summed E-state index contributed by atoms with van der Waals surface area (Å²) in [6.45, 7) is 0. The van der Waals surface area contributed by atoms with Crippen LogP contribution >= 0.6 is 0 Å². The van der Waals surface area contributed by atoms with Gasteiger partial charge in [0.25, 0.3) is 0 Å². The Balaban J connectivity index is 1.53. The maximum Gasteiger partial charge on any atom is 0.416 e. The van der Waals surface area contributed by atoms with Crippen molar-refractivity contribution in [3.63, 3.8) is 0 Å². The van der Waals surface area contributed by atoms with Crippen molar-refractivity contribution in [2.75, 3.05) is 0 Å². The number of nitrogens with one attached hydrogen (secondary N) is 1. The predicted molar refractivity (Wildman–Crippen MR) is 101 cm³/mol. The molecule has 2 aromatic rings. The molecule has 0 amide bonds. The molecule has 0 aromatic heterocycles. The normalized spacial score (nSPS) is 28.1. The second-order valence-electron chi connectivity index (χ2n) is 7.89. The third-order valence-corrected chi connectivity index (χ3v) is 5.88. The van der Waals surface area contributed by atoms with Gasteiger partial charge in [0.2, 0.25) is 0 Å². The van der Waals surface area contributed by atoms with E-state index in [1.165, 1.54) is 6.07 Å². The third kappa shape index (κ3) is 4.19. The Morgan fingerprint density at radius 1 is 0.889 bits per heavy atom. The smallest absolute Gasteiger partial charge is 0.328 e. The summed E-state index contributed by atoms with van der Waals surface area (Å²) in [5.74, 6) is -0.0537. The molecular formula is C22H25F3N2. The molecule has 0 bridgehead atoms. The van der Waals surface area contributed by atoms with Crippen molar-refractivity contribution in [3.8, 4) is 11.1 Å². The minimum absolute atomic E-state index is 0.0537. The molecule has 2 saturated carbocycles. The summed E-state index contributed by atoms with van der Waals surface area (Å²) in [6.07, 6.45) is 0.456. The van der Waals surface area contributed by atoms with Crippen LogP contribution in [0.1, 0.15) is 49.1 Å². The highest BCUT2D eigenvalue weighted by molar-refractivity contribution is 5.65. The summed E-state index contributed by atoms with van der Waals surface area (Å²) in [4.78, 5) is 0. The van der Waals surface area contributed by atoms with Crippen molar-refractivity contribution in [3.05, 3.63) is 59.7 Å². The summed E-state index contributed by atoms with van der Waals surface area (Å²) in [5, 5.41) is 3.56. The van der Waals surface area contributed by atoms with Crippen LogP contribution in [0.15, 0.2) is 48.5 Å². The number of halogens is 3. The quantitative estimate of drug-likeness (QED) is 0.782.